The number of nitrogens with zero attached hydrogens (tertiary/aromatic N) is 4. The number of hydrogen-bond donors (Lipinski definition) is 0. The third kappa shape index (κ3) is 5.57. The Hall–Kier alpha value is -3.79. The van der Waals surface area contributed by atoms with Gasteiger partial charge in [0.1, 0.15) is 35.1 Å². The van der Waals surface area contributed by atoms with Crippen molar-refractivity contribution < 1.29 is 18.4 Å². The van der Waals surface area contributed by atoms with Gasteiger partial charge in [-0.15, -0.1) is 10.2 Å². The highest BCUT2D eigenvalue weighted by Gasteiger charge is 2.26. The number of ether oxygens (including phenoxy) is 1. The van der Waals surface area contributed by atoms with Crippen molar-refractivity contribution in [1.82, 2.24) is 14.8 Å². The molecule has 4 aromatic rings. The highest BCUT2D eigenvalue weighted by molar-refractivity contribution is 7.99. The van der Waals surface area contributed by atoms with Crippen LogP contribution in [-0.2, 0) is 6.61 Å². The molecule has 10 heteroatoms. The van der Waals surface area contributed by atoms with Crippen molar-refractivity contribution in [3.63, 3.8) is 0 Å². The molecule has 0 aliphatic rings. The lowest BCUT2D eigenvalue weighted by atomic mass is 10.1. The molecule has 0 spiro atoms. The van der Waals surface area contributed by atoms with Crippen molar-refractivity contribution in [3.05, 3.63) is 111 Å². The Labute approximate surface area is 198 Å². The summed E-state index contributed by atoms with van der Waals surface area (Å²) < 4.78 is 34.3. The zero-order valence-electron chi connectivity index (χ0n) is 18.1. The molecule has 0 saturated heterocycles. The second-order valence-electron chi connectivity index (χ2n) is 7.42. The molecule has 4 rings (SSSR count). The summed E-state index contributed by atoms with van der Waals surface area (Å²) in [5.41, 5.74) is 2.03. The van der Waals surface area contributed by atoms with E-state index in [0.29, 0.717) is 28.0 Å². The Kier molecular flexibility index (Phi) is 7.17. The molecule has 0 bridgehead atoms. The first-order chi connectivity index (χ1) is 16.4. The molecule has 0 fully saturated rings. The van der Waals surface area contributed by atoms with E-state index >= 15 is 0 Å². The normalized spacial score (nSPS) is 11.9. The molecule has 0 radical (unpaired) electrons. The lowest BCUT2D eigenvalue weighted by molar-refractivity contribution is -0.479. The average Bonchev–Trinajstić information content (AvgIpc) is 3.18. The molecule has 1 heterocycles. The summed E-state index contributed by atoms with van der Waals surface area (Å²) in [6, 6.07) is 18.9. The monoisotopic (exact) mass is 482 g/mol. The second kappa shape index (κ2) is 10.4. The molecular formula is C24H20F2N4O3S. The number of halogens is 2. The Morgan fingerprint density at radius 1 is 1.00 bits per heavy atom. The first kappa shape index (κ1) is 23.4. The quantitative estimate of drug-likeness (QED) is 0.177. The molecule has 34 heavy (non-hydrogen) atoms. The van der Waals surface area contributed by atoms with Gasteiger partial charge in [-0.3, -0.25) is 14.7 Å². The van der Waals surface area contributed by atoms with Crippen LogP contribution in [0.15, 0.2) is 78.0 Å². The van der Waals surface area contributed by atoms with Crippen molar-refractivity contribution in [3.8, 4) is 11.4 Å². The van der Waals surface area contributed by atoms with E-state index in [1.54, 1.807) is 60.0 Å². The molecule has 0 aliphatic heterocycles. The molecule has 3 aromatic carbocycles. The van der Waals surface area contributed by atoms with E-state index in [9.17, 15) is 18.9 Å². The van der Waals surface area contributed by atoms with Gasteiger partial charge in [-0.2, -0.15) is 0 Å². The van der Waals surface area contributed by atoms with Crippen LogP contribution < -0.4 is 4.74 Å². The fraction of sp³-hybridized carbons (Fsp3) is 0.167. The molecular weight excluding hydrogens is 462 g/mol. The smallest absolute Gasteiger partial charge is 0.220 e. The van der Waals surface area contributed by atoms with Gasteiger partial charge >= 0.3 is 0 Å². The van der Waals surface area contributed by atoms with Crippen molar-refractivity contribution in [2.45, 2.75) is 23.9 Å². The Morgan fingerprint density at radius 3 is 2.32 bits per heavy atom. The molecule has 0 amide bonds. The Bertz CT molecular complexity index is 1280. The summed E-state index contributed by atoms with van der Waals surface area (Å²) in [7, 11) is 0. The number of aryl methyl sites for hydroxylation is 1. The van der Waals surface area contributed by atoms with E-state index in [-0.39, 0.29) is 29.7 Å². The average molecular weight is 483 g/mol. The molecule has 0 saturated carbocycles. The Balaban J connectivity index is 1.63. The van der Waals surface area contributed by atoms with Gasteiger partial charge in [-0.05, 0) is 55.0 Å². The fourth-order valence-corrected chi connectivity index (χ4v) is 4.59. The van der Waals surface area contributed by atoms with Gasteiger partial charge in [0, 0.05) is 16.2 Å². The first-order valence-corrected chi connectivity index (χ1v) is 11.2. The number of para-hydroxylation sites is 1. The van der Waals surface area contributed by atoms with Crippen LogP contribution in [0.3, 0.4) is 0 Å². The summed E-state index contributed by atoms with van der Waals surface area (Å²) >= 11 is 1.18. The second-order valence-corrected chi connectivity index (χ2v) is 8.59. The number of nitro groups is 1. The van der Waals surface area contributed by atoms with Crippen LogP contribution in [0.1, 0.15) is 22.2 Å². The maximum atomic E-state index is 13.4. The number of benzene rings is 3. The van der Waals surface area contributed by atoms with Crippen LogP contribution in [0.5, 0.6) is 5.75 Å². The number of thioether (sulfide) groups is 1. The summed E-state index contributed by atoms with van der Waals surface area (Å²) in [6.45, 7) is 1.55. The van der Waals surface area contributed by atoms with Crippen molar-refractivity contribution in [1.29, 1.82) is 0 Å². The lowest BCUT2D eigenvalue weighted by Gasteiger charge is -2.18. The summed E-state index contributed by atoms with van der Waals surface area (Å²) in [6.07, 6.45) is 0. The van der Waals surface area contributed by atoms with Gasteiger partial charge in [-0.25, -0.2) is 8.78 Å². The third-order valence-corrected chi connectivity index (χ3v) is 6.18. The maximum Gasteiger partial charge on any atom is 0.220 e. The highest BCUT2D eigenvalue weighted by atomic mass is 32.2. The van der Waals surface area contributed by atoms with Gasteiger partial charge in [-0.1, -0.05) is 42.1 Å². The zero-order chi connectivity index (χ0) is 24.1. The van der Waals surface area contributed by atoms with Crippen molar-refractivity contribution in [2.75, 3.05) is 6.54 Å². The van der Waals surface area contributed by atoms with Crippen LogP contribution in [0, 0.1) is 28.7 Å². The predicted octanol–water partition coefficient (Wildman–Crippen LogP) is 5.54. The van der Waals surface area contributed by atoms with Crippen LogP contribution in [0.4, 0.5) is 8.78 Å². The molecule has 174 valence electrons. The maximum absolute atomic E-state index is 13.4. The van der Waals surface area contributed by atoms with E-state index in [0.717, 1.165) is 5.56 Å². The van der Waals surface area contributed by atoms with E-state index in [1.807, 2.05) is 0 Å². The van der Waals surface area contributed by atoms with Gasteiger partial charge in [0.25, 0.3) is 0 Å². The van der Waals surface area contributed by atoms with Gasteiger partial charge in [0.15, 0.2) is 5.16 Å². The van der Waals surface area contributed by atoms with Crippen molar-refractivity contribution in [2.24, 2.45) is 0 Å². The van der Waals surface area contributed by atoms with Gasteiger partial charge < -0.3 is 4.74 Å². The molecule has 1 atom stereocenters. The van der Waals surface area contributed by atoms with Crippen molar-refractivity contribution >= 4 is 11.8 Å². The van der Waals surface area contributed by atoms with Gasteiger partial charge in [0.2, 0.25) is 6.54 Å². The first-order valence-electron chi connectivity index (χ1n) is 10.3. The minimum atomic E-state index is -0.637. The standard InChI is InChI=1S/C24H20F2N4O3S/c1-16-27-28-24(30(16)20-12-10-19(26)11-13-20)34-23(14-29(31)32)21-4-2-3-5-22(21)33-15-17-6-8-18(25)9-7-17/h2-13,23H,14-15H2,1H3/t23-/m0/s1. The molecule has 0 aliphatic carbocycles. The topological polar surface area (TPSA) is 83.1 Å². The minimum Gasteiger partial charge on any atom is -0.489 e. The number of hydrogen-bond acceptors (Lipinski definition) is 6. The minimum absolute atomic E-state index is 0.179. The lowest BCUT2D eigenvalue weighted by Crippen LogP contribution is -2.12. The van der Waals surface area contributed by atoms with E-state index < -0.39 is 5.25 Å². The predicted molar refractivity (Wildman–Crippen MR) is 124 cm³/mol. The molecule has 7 nitrogen and oxygen atoms in total. The van der Waals surface area contributed by atoms with E-state index in [1.165, 1.54) is 36.0 Å². The highest BCUT2D eigenvalue weighted by Crippen LogP contribution is 2.40. The van der Waals surface area contributed by atoms with E-state index in [2.05, 4.69) is 10.2 Å². The van der Waals surface area contributed by atoms with E-state index in [4.69, 9.17) is 4.74 Å². The molecule has 0 unspecified atom stereocenters. The third-order valence-electron chi connectivity index (χ3n) is 5.02. The number of aromatic nitrogens is 3. The summed E-state index contributed by atoms with van der Waals surface area (Å²) in [5.74, 6) is 0.333. The van der Waals surface area contributed by atoms with Crippen LogP contribution in [-0.4, -0.2) is 26.2 Å². The Morgan fingerprint density at radius 2 is 1.65 bits per heavy atom. The molecule has 1 aromatic heterocycles. The SMILES string of the molecule is Cc1nnc(S[C@@H](C[N+](=O)[O-])c2ccccc2OCc2ccc(F)cc2)n1-c1ccc(F)cc1. The largest absolute Gasteiger partial charge is 0.489 e. The van der Waals surface area contributed by atoms with Crippen LogP contribution in [0.2, 0.25) is 0 Å². The molecule has 0 N–H and O–H groups in total. The van der Waals surface area contributed by atoms with Crippen LogP contribution >= 0.6 is 11.8 Å². The summed E-state index contributed by atoms with van der Waals surface area (Å²) in [5, 5.41) is 19.6. The number of rotatable bonds is 9. The van der Waals surface area contributed by atoms with Gasteiger partial charge in [0.05, 0.1) is 0 Å². The van der Waals surface area contributed by atoms with Crippen LogP contribution in [0.25, 0.3) is 5.69 Å². The zero-order valence-corrected chi connectivity index (χ0v) is 18.9. The summed E-state index contributed by atoms with van der Waals surface area (Å²) in [4.78, 5) is 11.1. The fourth-order valence-electron chi connectivity index (χ4n) is 3.39.